The Bertz CT molecular complexity index is 898. The van der Waals surface area contributed by atoms with Crippen LogP contribution in [0.3, 0.4) is 0 Å². The topological polar surface area (TPSA) is 79.2 Å². The number of hydrogen-bond acceptors (Lipinski definition) is 6. The van der Waals surface area contributed by atoms with Gasteiger partial charge in [-0.25, -0.2) is 0 Å². The zero-order valence-electron chi connectivity index (χ0n) is 17.1. The number of piperazine rings is 1. The van der Waals surface area contributed by atoms with E-state index in [-0.39, 0.29) is 11.6 Å². The number of amides is 1. The standard InChI is InChI=1S/C21H25ClN4O4/c1-23(18-4-6-19(7-5-18)26(28)29)21(27)15-25-11-9-24(10-12-25)14-16-13-17(22)3-8-20(16)30-2/h3-8,13H,9-12,14-15H2,1-2H3. The van der Waals surface area contributed by atoms with Crippen LogP contribution in [0.4, 0.5) is 11.4 Å². The van der Waals surface area contributed by atoms with E-state index < -0.39 is 4.92 Å². The largest absolute Gasteiger partial charge is 0.496 e. The van der Waals surface area contributed by atoms with Crippen LogP contribution >= 0.6 is 11.6 Å². The Morgan fingerprint density at radius 1 is 1.13 bits per heavy atom. The summed E-state index contributed by atoms with van der Waals surface area (Å²) >= 11 is 6.12. The van der Waals surface area contributed by atoms with Crippen molar-refractivity contribution in [1.29, 1.82) is 0 Å². The third kappa shape index (κ3) is 5.47. The summed E-state index contributed by atoms with van der Waals surface area (Å²) in [5, 5.41) is 11.5. The van der Waals surface area contributed by atoms with Gasteiger partial charge in [0.05, 0.1) is 18.6 Å². The minimum atomic E-state index is -0.454. The van der Waals surface area contributed by atoms with Gasteiger partial charge in [0.25, 0.3) is 5.69 Å². The van der Waals surface area contributed by atoms with Crippen LogP contribution in [0.15, 0.2) is 42.5 Å². The number of nitro benzene ring substituents is 1. The quantitative estimate of drug-likeness (QED) is 0.494. The molecule has 0 atom stereocenters. The summed E-state index contributed by atoms with van der Waals surface area (Å²) < 4.78 is 5.42. The van der Waals surface area contributed by atoms with Crippen molar-refractivity contribution in [2.45, 2.75) is 6.54 Å². The van der Waals surface area contributed by atoms with Crippen molar-refractivity contribution < 1.29 is 14.5 Å². The molecule has 1 amide bonds. The highest BCUT2D eigenvalue weighted by Gasteiger charge is 2.22. The number of non-ortho nitro benzene ring substituents is 1. The second-order valence-corrected chi connectivity index (χ2v) is 7.67. The first kappa shape index (κ1) is 22.0. The first-order valence-electron chi connectivity index (χ1n) is 9.65. The number of ether oxygens (including phenoxy) is 1. The van der Waals surface area contributed by atoms with Crippen molar-refractivity contribution >= 4 is 28.9 Å². The molecule has 30 heavy (non-hydrogen) atoms. The van der Waals surface area contributed by atoms with Gasteiger partial charge in [-0.15, -0.1) is 0 Å². The van der Waals surface area contributed by atoms with E-state index in [1.165, 1.54) is 17.0 Å². The minimum Gasteiger partial charge on any atom is -0.496 e. The maximum absolute atomic E-state index is 12.6. The molecule has 0 radical (unpaired) electrons. The highest BCUT2D eigenvalue weighted by atomic mass is 35.5. The van der Waals surface area contributed by atoms with Gasteiger partial charge in [0.2, 0.25) is 5.91 Å². The van der Waals surface area contributed by atoms with Gasteiger partial charge in [-0.05, 0) is 30.3 Å². The van der Waals surface area contributed by atoms with E-state index in [2.05, 4.69) is 9.80 Å². The third-order valence-corrected chi connectivity index (χ3v) is 5.52. The number of benzene rings is 2. The summed E-state index contributed by atoms with van der Waals surface area (Å²) in [7, 11) is 3.34. The molecule has 1 fully saturated rings. The second kappa shape index (κ2) is 9.88. The van der Waals surface area contributed by atoms with Crippen LogP contribution in [0.1, 0.15) is 5.56 Å². The van der Waals surface area contributed by atoms with Crippen LogP contribution in [-0.2, 0) is 11.3 Å². The van der Waals surface area contributed by atoms with Gasteiger partial charge in [0, 0.05) is 68.2 Å². The Labute approximate surface area is 180 Å². The third-order valence-electron chi connectivity index (χ3n) is 5.28. The fourth-order valence-corrected chi connectivity index (χ4v) is 3.65. The van der Waals surface area contributed by atoms with Crippen molar-refractivity contribution in [2.75, 3.05) is 51.8 Å². The molecule has 0 aliphatic carbocycles. The van der Waals surface area contributed by atoms with E-state index in [9.17, 15) is 14.9 Å². The van der Waals surface area contributed by atoms with Crippen LogP contribution in [-0.4, -0.2) is 67.5 Å². The number of carbonyl (C=O) groups is 1. The van der Waals surface area contributed by atoms with E-state index in [1.807, 2.05) is 18.2 Å². The summed E-state index contributed by atoms with van der Waals surface area (Å²) in [6.45, 7) is 4.29. The molecule has 0 N–H and O–H groups in total. The maximum atomic E-state index is 12.6. The molecule has 0 saturated carbocycles. The average molecular weight is 433 g/mol. The highest BCUT2D eigenvalue weighted by molar-refractivity contribution is 6.30. The molecule has 1 aliphatic rings. The second-order valence-electron chi connectivity index (χ2n) is 7.23. The lowest BCUT2D eigenvalue weighted by molar-refractivity contribution is -0.384. The van der Waals surface area contributed by atoms with Crippen LogP contribution in [0, 0.1) is 10.1 Å². The number of anilines is 1. The van der Waals surface area contributed by atoms with Crippen molar-refractivity contribution in [2.24, 2.45) is 0 Å². The van der Waals surface area contributed by atoms with E-state index in [0.29, 0.717) is 17.3 Å². The monoisotopic (exact) mass is 432 g/mol. The van der Waals surface area contributed by atoms with E-state index >= 15 is 0 Å². The van der Waals surface area contributed by atoms with Gasteiger partial charge >= 0.3 is 0 Å². The molecule has 1 heterocycles. The number of likely N-dealkylation sites (N-methyl/N-ethyl adjacent to an activating group) is 1. The first-order valence-corrected chi connectivity index (χ1v) is 10.0. The summed E-state index contributed by atoms with van der Waals surface area (Å²) in [6.07, 6.45) is 0. The summed E-state index contributed by atoms with van der Waals surface area (Å²) in [4.78, 5) is 28.9. The molecule has 3 rings (SSSR count). The average Bonchev–Trinajstić information content (AvgIpc) is 2.75. The lowest BCUT2D eigenvalue weighted by Gasteiger charge is -2.35. The normalized spacial score (nSPS) is 15.0. The Kier molecular flexibility index (Phi) is 7.25. The number of hydrogen-bond donors (Lipinski definition) is 0. The van der Waals surface area contributed by atoms with Crippen molar-refractivity contribution in [3.63, 3.8) is 0 Å². The number of halogens is 1. The van der Waals surface area contributed by atoms with E-state index in [1.54, 1.807) is 26.3 Å². The molecule has 0 aromatic heterocycles. The zero-order valence-corrected chi connectivity index (χ0v) is 17.8. The predicted octanol–water partition coefficient (Wildman–Crippen LogP) is 3.04. The zero-order chi connectivity index (χ0) is 21.7. The van der Waals surface area contributed by atoms with Crippen LogP contribution in [0.2, 0.25) is 5.02 Å². The van der Waals surface area contributed by atoms with Crippen LogP contribution < -0.4 is 9.64 Å². The number of nitrogens with zero attached hydrogens (tertiary/aromatic N) is 4. The fraction of sp³-hybridized carbons (Fsp3) is 0.381. The molecule has 160 valence electrons. The van der Waals surface area contributed by atoms with E-state index in [0.717, 1.165) is 44.0 Å². The Morgan fingerprint density at radius 2 is 1.77 bits per heavy atom. The molecular formula is C21H25ClN4O4. The van der Waals surface area contributed by atoms with Gasteiger partial charge < -0.3 is 9.64 Å². The number of methoxy groups -OCH3 is 1. The lowest BCUT2D eigenvalue weighted by atomic mass is 10.1. The molecule has 8 nitrogen and oxygen atoms in total. The smallest absolute Gasteiger partial charge is 0.269 e. The number of carbonyl (C=O) groups excluding carboxylic acids is 1. The molecule has 1 saturated heterocycles. The number of rotatable bonds is 7. The fourth-order valence-electron chi connectivity index (χ4n) is 3.46. The van der Waals surface area contributed by atoms with Crippen molar-refractivity contribution in [1.82, 2.24) is 9.80 Å². The van der Waals surface area contributed by atoms with Gasteiger partial charge in [-0.2, -0.15) is 0 Å². The molecule has 2 aromatic carbocycles. The Balaban J connectivity index is 1.51. The first-order chi connectivity index (χ1) is 14.4. The molecule has 0 bridgehead atoms. The molecule has 1 aliphatic heterocycles. The van der Waals surface area contributed by atoms with Crippen LogP contribution in [0.5, 0.6) is 5.75 Å². The maximum Gasteiger partial charge on any atom is 0.269 e. The Hall–Kier alpha value is -2.68. The molecule has 0 spiro atoms. The van der Waals surface area contributed by atoms with Gasteiger partial charge in [-0.1, -0.05) is 11.6 Å². The molecular weight excluding hydrogens is 408 g/mol. The molecule has 9 heteroatoms. The van der Waals surface area contributed by atoms with Crippen LogP contribution in [0.25, 0.3) is 0 Å². The summed E-state index contributed by atoms with van der Waals surface area (Å²) in [6, 6.07) is 11.6. The van der Waals surface area contributed by atoms with Gasteiger partial charge in [-0.3, -0.25) is 24.7 Å². The highest BCUT2D eigenvalue weighted by Crippen LogP contribution is 2.24. The summed E-state index contributed by atoms with van der Waals surface area (Å²) in [5.41, 5.74) is 1.69. The van der Waals surface area contributed by atoms with Crippen molar-refractivity contribution in [3.05, 3.63) is 63.2 Å². The predicted molar refractivity (Wildman–Crippen MR) is 116 cm³/mol. The molecule has 0 unspecified atom stereocenters. The van der Waals surface area contributed by atoms with E-state index in [4.69, 9.17) is 16.3 Å². The minimum absolute atomic E-state index is 0.00653. The molecule has 2 aromatic rings. The SMILES string of the molecule is COc1ccc(Cl)cc1CN1CCN(CC(=O)N(C)c2ccc([N+](=O)[O-])cc2)CC1. The number of nitro groups is 1. The summed E-state index contributed by atoms with van der Waals surface area (Å²) in [5.74, 6) is 0.774. The lowest BCUT2D eigenvalue weighted by Crippen LogP contribution is -2.49. The van der Waals surface area contributed by atoms with Gasteiger partial charge in [0.1, 0.15) is 5.75 Å². The van der Waals surface area contributed by atoms with Gasteiger partial charge in [0.15, 0.2) is 0 Å². The Morgan fingerprint density at radius 3 is 2.37 bits per heavy atom. The van der Waals surface area contributed by atoms with Crippen molar-refractivity contribution in [3.8, 4) is 5.75 Å².